The van der Waals surface area contributed by atoms with Crippen molar-refractivity contribution >= 4 is 29.3 Å². The SMILES string of the molecule is COC(=O)C=Cc1cnc(Cl)c([N+](=O)[O-])c1. The summed E-state index contributed by atoms with van der Waals surface area (Å²) in [5, 5.41) is 10.3. The molecule has 84 valence electrons. The maximum atomic E-state index is 10.8. The lowest BCUT2D eigenvalue weighted by atomic mass is 10.2. The number of rotatable bonds is 3. The zero-order valence-electron chi connectivity index (χ0n) is 8.21. The quantitative estimate of drug-likeness (QED) is 0.265. The highest BCUT2D eigenvalue weighted by molar-refractivity contribution is 6.31. The van der Waals surface area contributed by atoms with Crippen LogP contribution in [0.4, 0.5) is 5.69 Å². The van der Waals surface area contributed by atoms with E-state index in [1.54, 1.807) is 0 Å². The Morgan fingerprint density at radius 3 is 2.94 bits per heavy atom. The molecule has 0 aromatic carbocycles. The van der Waals surface area contributed by atoms with E-state index < -0.39 is 10.9 Å². The summed E-state index contributed by atoms with van der Waals surface area (Å²) in [4.78, 5) is 24.3. The molecule has 0 amide bonds. The van der Waals surface area contributed by atoms with Crippen molar-refractivity contribution in [1.29, 1.82) is 0 Å². The van der Waals surface area contributed by atoms with Gasteiger partial charge in [-0.1, -0.05) is 11.6 Å². The normalized spacial score (nSPS) is 10.4. The van der Waals surface area contributed by atoms with E-state index in [2.05, 4.69) is 9.72 Å². The fourth-order valence-corrected chi connectivity index (χ4v) is 1.08. The number of hydrogen-bond donors (Lipinski definition) is 0. The van der Waals surface area contributed by atoms with Gasteiger partial charge >= 0.3 is 11.7 Å². The van der Waals surface area contributed by atoms with Gasteiger partial charge in [0.1, 0.15) is 0 Å². The fraction of sp³-hybridized carbons (Fsp3) is 0.111. The fourth-order valence-electron chi connectivity index (χ4n) is 0.904. The van der Waals surface area contributed by atoms with Crippen LogP contribution >= 0.6 is 11.6 Å². The average molecular weight is 243 g/mol. The summed E-state index contributed by atoms with van der Waals surface area (Å²) in [7, 11) is 1.23. The molecule has 0 atom stereocenters. The Kier molecular flexibility index (Phi) is 3.96. The van der Waals surface area contributed by atoms with Crippen LogP contribution in [0.25, 0.3) is 6.08 Å². The van der Waals surface area contributed by atoms with Crippen molar-refractivity contribution in [3.8, 4) is 0 Å². The largest absolute Gasteiger partial charge is 0.466 e. The summed E-state index contributed by atoms with van der Waals surface area (Å²) < 4.78 is 4.37. The third-order valence-electron chi connectivity index (χ3n) is 1.65. The summed E-state index contributed by atoms with van der Waals surface area (Å²) in [6.45, 7) is 0. The van der Waals surface area contributed by atoms with E-state index in [-0.39, 0.29) is 10.8 Å². The molecule has 0 saturated carbocycles. The molecule has 1 aromatic heterocycles. The standard InChI is InChI=1S/C9H7ClN2O4/c1-16-8(13)3-2-6-4-7(12(14)15)9(10)11-5-6/h2-5H,1H3. The van der Waals surface area contributed by atoms with Crippen molar-refractivity contribution in [2.75, 3.05) is 7.11 Å². The first-order valence-electron chi connectivity index (χ1n) is 4.10. The Morgan fingerprint density at radius 2 is 2.38 bits per heavy atom. The smallest absolute Gasteiger partial charge is 0.330 e. The Morgan fingerprint density at radius 1 is 1.69 bits per heavy atom. The molecule has 7 heteroatoms. The van der Waals surface area contributed by atoms with Gasteiger partial charge in [-0.05, 0) is 11.6 Å². The second kappa shape index (κ2) is 5.22. The number of ether oxygens (including phenoxy) is 1. The second-order valence-electron chi connectivity index (χ2n) is 2.69. The zero-order valence-corrected chi connectivity index (χ0v) is 8.97. The predicted molar refractivity (Wildman–Crippen MR) is 57.0 cm³/mol. The number of carbonyl (C=O) groups excluding carboxylic acids is 1. The van der Waals surface area contributed by atoms with Gasteiger partial charge in [-0.25, -0.2) is 9.78 Å². The Hall–Kier alpha value is -1.95. The maximum Gasteiger partial charge on any atom is 0.330 e. The molecule has 0 aliphatic carbocycles. The predicted octanol–water partition coefficient (Wildman–Crippen LogP) is 1.83. The van der Waals surface area contributed by atoms with Crippen molar-refractivity contribution in [2.45, 2.75) is 0 Å². The summed E-state index contributed by atoms with van der Waals surface area (Å²) in [5.41, 5.74) is 0.0789. The number of aromatic nitrogens is 1. The Labute approximate surface area is 95.7 Å². The second-order valence-corrected chi connectivity index (χ2v) is 3.05. The molecule has 0 spiro atoms. The van der Waals surface area contributed by atoms with Crippen molar-refractivity contribution in [1.82, 2.24) is 4.98 Å². The molecule has 1 heterocycles. The molecule has 6 nitrogen and oxygen atoms in total. The van der Waals surface area contributed by atoms with Crippen LogP contribution in [0.2, 0.25) is 5.15 Å². The van der Waals surface area contributed by atoms with Gasteiger partial charge < -0.3 is 4.74 Å². The van der Waals surface area contributed by atoms with Gasteiger partial charge in [-0.2, -0.15) is 0 Å². The molecule has 0 aliphatic rings. The monoisotopic (exact) mass is 242 g/mol. The van der Waals surface area contributed by atoms with Crippen LogP contribution in [0, 0.1) is 10.1 Å². The molecule has 0 saturated heterocycles. The minimum atomic E-state index is -0.648. The maximum absolute atomic E-state index is 10.8. The number of methoxy groups -OCH3 is 1. The molecule has 0 fully saturated rings. The molecule has 1 rings (SSSR count). The lowest BCUT2D eigenvalue weighted by Crippen LogP contribution is -1.94. The molecular formula is C9H7ClN2O4. The van der Waals surface area contributed by atoms with Crippen LogP contribution in [0.1, 0.15) is 5.56 Å². The highest BCUT2D eigenvalue weighted by Crippen LogP contribution is 2.22. The van der Waals surface area contributed by atoms with E-state index in [0.29, 0.717) is 5.56 Å². The molecule has 0 bridgehead atoms. The molecule has 0 N–H and O–H groups in total. The summed E-state index contributed by atoms with van der Waals surface area (Å²) in [6.07, 6.45) is 3.80. The Balaban J connectivity index is 2.99. The number of carbonyl (C=O) groups is 1. The van der Waals surface area contributed by atoms with Gasteiger partial charge in [0, 0.05) is 18.3 Å². The first kappa shape index (κ1) is 12.1. The number of nitro groups is 1. The van der Waals surface area contributed by atoms with Gasteiger partial charge in [-0.3, -0.25) is 10.1 Å². The minimum absolute atomic E-state index is 0.194. The van der Waals surface area contributed by atoms with Gasteiger partial charge in [0.2, 0.25) is 5.15 Å². The van der Waals surface area contributed by atoms with E-state index >= 15 is 0 Å². The van der Waals surface area contributed by atoms with Crippen LogP contribution in [-0.4, -0.2) is 23.0 Å². The van der Waals surface area contributed by atoms with Crippen LogP contribution in [-0.2, 0) is 9.53 Å². The number of nitrogens with zero attached hydrogens (tertiary/aromatic N) is 2. The van der Waals surface area contributed by atoms with E-state index in [1.807, 2.05) is 0 Å². The van der Waals surface area contributed by atoms with Crippen molar-refractivity contribution in [2.24, 2.45) is 0 Å². The van der Waals surface area contributed by atoms with Gasteiger partial charge in [-0.15, -0.1) is 0 Å². The van der Waals surface area contributed by atoms with E-state index in [1.165, 1.54) is 25.4 Å². The summed E-state index contributed by atoms with van der Waals surface area (Å²) >= 11 is 5.51. The molecular weight excluding hydrogens is 236 g/mol. The van der Waals surface area contributed by atoms with Crippen LogP contribution in [0.3, 0.4) is 0 Å². The van der Waals surface area contributed by atoms with Gasteiger partial charge in [0.25, 0.3) is 0 Å². The molecule has 0 unspecified atom stereocenters. The first-order chi connectivity index (χ1) is 7.54. The van der Waals surface area contributed by atoms with Gasteiger partial charge in [0.15, 0.2) is 0 Å². The minimum Gasteiger partial charge on any atom is -0.466 e. The van der Waals surface area contributed by atoms with Crippen LogP contribution < -0.4 is 0 Å². The zero-order chi connectivity index (χ0) is 12.1. The van der Waals surface area contributed by atoms with Crippen LogP contribution in [0.15, 0.2) is 18.3 Å². The lowest BCUT2D eigenvalue weighted by molar-refractivity contribution is -0.385. The van der Waals surface area contributed by atoms with E-state index in [9.17, 15) is 14.9 Å². The molecule has 0 aliphatic heterocycles. The van der Waals surface area contributed by atoms with Gasteiger partial charge in [0.05, 0.1) is 12.0 Å². The highest BCUT2D eigenvalue weighted by atomic mass is 35.5. The third-order valence-corrected chi connectivity index (χ3v) is 1.94. The summed E-state index contributed by atoms with van der Waals surface area (Å²) in [6, 6.07) is 1.22. The summed E-state index contributed by atoms with van der Waals surface area (Å²) in [5.74, 6) is -0.558. The molecule has 16 heavy (non-hydrogen) atoms. The van der Waals surface area contributed by atoms with Crippen molar-refractivity contribution in [3.05, 3.63) is 39.2 Å². The Bertz CT molecular complexity index is 459. The lowest BCUT2D eigenvalue weighted by Gasteiger charge is -1.96. The topological polar surface area (TPSA) is 82.3 Å². The molecule has 1 aromatic rings. The average Bonchev–Trinajstić information content (AvgIpc) is 2.27. The highest BCUT2D eigenvalue weighted by Gasteiger charge is 2.13. The van der Waals surface area contributed by atoms with E-state index in [4.69, 9.17) is 11.6 Å². The number of hydrogen-bond acceptors (Lipinski definition) is 5. The number of esters is 1. The molecule has 0 radical (unpaired) electrons. The van der Waals surface area contributed by atoms with Crippen LogP contribution in [0.5, 0.6) is 0 Å². The number of pyridine rings is 1. The van der Waals surface area contributed by atoms with Crippen molar-refractivity contribution in [3.63, 3.8) is 0 Å². The third kappa shape index (κ3) is 3.03. The number of halogens is 1. The first-order valence-corrected chi connectivity index (χ1v) is 4.48. The van der Waals surface area contributed by atoms with Crippen molar-refractivity contribution < 1.29 is 14.5 Å². The van der Waals surface area contributed by atoms with E-state index in [0.717, 1.165) is 6.08 Å².